The molecule has 0 amide bonds. The number of ether oxygens (including phenoxy) is 1. The number of rotatable bonds is 9. The summed E-state index contributed by atoms with van der Waals surface area (Å²) in [4.78, 5) is 0. The van der Waals surface area contributed by atoms with Crippen LogP contribution in [0.5, 0.6) is 0 Å². The van der Waals surface area contributed by atoms with Crippen molar-refractivity contribution in [3.8, 4) is 0 Å². The molecule has 0 bridgehead atoms. The molecule has 0 atom stereocenters. The minimum absolute atomic E-state index is 0. The molecular weight excluding hydrogens is 571 g/mol. The van der Waals surface area contributed by atoms with E-state index < -0.39 is 56.7 Å². The van der Waals surface area contributed by atoms with Gasteiger partial charge in [-0.1, -0.05) is 0 Å². The molecule has 0 radical (unpaired) electrons. The van der Waals surface area contributed by atoms with E-state index in [0.717, 1.165) is 0 Å². The monoisotopic (exact) mass is 572 g/mol. The Hall–Kier alpha value is 0.676. The van der Waals surface area contributed by atoms with Gasteiger partial charge < -0.3 is 1.43 Å². The maximum absolute atomic E-state index is 13.1. The third kappa shape index (κ3) is 5.20. The predicted octanol–water partition coefficient (Wildman–Crippen LogP) is 2.16. The van der Waals surface area contributed by atoms with E-state index in [9.17, 15) is 78.7 Å². The summed E-state index contributed by atoms with van der Waals surface area (Å²) in [7, 11) is -7.54. The molecule has 184 valence electrons. The van der Waals surface area contributed by atoms with Crippen LogP contribution >= 0.6 is 11.6 Å². The Morgan fingerprint density at radius 2 is 0.903 bits per heavy atom. The van der Waals surface area contributed by atoms with Crippen LogP contribution < -0.4 is 51.4 Å². The van der Waals surface area contributed by atoms with E-state index >= 15 is 0 Å². The van der Waals surface area contributed by atoms with Crippen LogP contribution in [0.15, 0.2) is 0 Å². The van der Waals surface area contributed by atoms with Gasteiger partial charge in [0.2, 0.25) is 0 Å². The van der Waals surface area contributed by atoms with E-state index in [2.05, 4.69) is 11.6 Å². The summed E-state index contributed by atoms with van der Waals surface area (Å²) < 4.78 is 234. The van der Waals surface area contributed by atoms with Gasteiger partial charge in [-0.3, -0.25) is 4.55 Å². The standard InChI is InChI=1S/C8HClF16O4S.K.H/c9-5(18,19)3(14,15)1(10,11)2(12,13)4(16,17)6(20,21)29-7(22,23)8(24,25)30(26,27)28;;/h(H,26,27,28);;/q;+1;-1. The summed E-state index contributed by atoms with van der Waals surface area (Å²) in [6, 6.07) is 0. The van der Waals surface area contributed by atoms with Gasteiger partial charge in [-0.15, -0.1) is 0 Å². The second-order valence-electron chi connectivity index (χ2n) is 4.92. The molecule has 0 rings (SSSR count). The molecular formula is C8H2ClF16KO4S. The molecule has 0 aromatic carbocycles. The summed E-state index contributed by atoms with van der Waals surface area (Å²) in [6.07, 6.45) is -15.7. The fraction of sp³-hybridized carbons (Fsp3) is 1.00. The maximum Gasteiger partial charge on any atom is 1.00 e. The van der Waals surface area contributed by atoms with Crippen molar-refractivity contribution in [1.29, 1.82) is 0 Å². The Balaban J connectivity index is -0.00000420. The second kappa shape index (κ2) is 8.72. The second-order valence-corrected chi connectivity index (χ2v) is 6.86. The van der Waals surface area contributed by atoms with Crippen molar-refractivity contribution in [3.05, 3.63) is 0 Å². The molecule has 0 fully saturated rings. The Labute approximate surface area is 207 Å². The SMILES string of the molecule is O=S(=O)(O)C(F)(F)C(F)(F)OC(F)(F)C(F)(F)C(F)(F)C(F)(F)C(F)(F)C(F)(F)Cl.[H-].[K+]. The number of halogens is 17. The minimum Gasteiger partial charge on any atom is -1.00 e. The zero-order valence-corrected chi connectivity index (χ0v) is 18.2. The molecule has 0 aliphatic rings. The zero-order valence-electron chi connectivity index (χ0n) is 14.5. The van der Waals surface area contributed by atoms with Crippen LogP contribution in [0, 0.1) is 0 Å². The quantitative estimate of drug-likeness (QED) is 0.199. The van der Waals surface area contributed by atoms with E-state index in [0.29, 0.717) is 0 Å². The molecule has 31 heavy (non-hydrogen) atoms. The van der Waals surface area contributed by atoms with E-state index in [1.54, 1.807) is 0 Å². The van der Waals surface area contributed by atoms with Crippen molar-refractivity contribution < 1.29 is 141 Å². The Kier molecular flexibility index (Phi) is 9.52. The third-order valence-electron chi connectivity index (χ3n) is 2.82. The number of hydrogen-bond acceptors (Lipinski definition) is 3. The minimum atomic E-state index is -8.51. The maximum atomic E-state index is 13.1. The van der Waals surface area contributed by atoms with Gasteiger partial charge >= 0.3 is 108 Å². The molecule has 0 aromatic rings. The number of hydrogen-bond donors (Lipinski definition) is 1. The Morgan fingerprint density at radius 1 is 0.613 bits per heavy atom. The van der Waals surface area contributed by atoms with Crippen LogP contribution in [0.2, 0.25) is 0 Å². The van der Waals surface area contributed by atoms with Crippen LogP contribution in [0.4, 0.5) is 70.2 Å². The van der Waals surface area contributed by atoms with Crippen molar-refractivity contribution in [2.45, 2.75) is 46.5 Å². The summed E-state index contributed by atoms with van der Waals surface area (Å²) in [5.41, 5.74) is 0. The van der Waals surface area contributed by atoms with Gasteiger partial charge in [0.05, 0.1) is 0 Å². The van der Waals surface area contributed by atoms with Crippen LogP contribution in [-0.4, -0.2) is 59.5 Å². The smallest absolute Gasteiger partial charge is 1.00 e. The molecule has 0 saturated heterocycles. The zero-order chi connectivity index (χ0) is 25.2. The van der Waals surface area contributed by atoms with Crippen LogP contribution in [0.3, 0.4) is 0 Å². The normalized spacial score (nSPS) is 16.2. The predicted molar refractivity (Wildman–Crippen MR) is 59.2 cm³/mol. The van der Waals surface area contributed by atoms with Crippen LogP contribution in [0.1, 0.15) is 1.43 Å². The Morgan fingerprint density at radius 3 is 1.16 bits per heavy atom. The first kappa shape index (κ1) is 33.8. The molecule has 0 saturated carbocycles. The van der Waals surface area contributed by atoms with E-state index in [1.165, 1.54) is 4.74 Å². The summed E-state index contributed by atoms with van der Waals surface area (Å²) in [6.45, 7) is 0. The van der Waals surface area contributed by atoms with E-state index in [1.807, 2.05) is 0 Å². The van der Waals surface area contributed by atoms with Crippen molar-refractivity contribution >= 4 is 21.7 Å². The molecule has 4 nitrogen and oxygen atoms in total. The average Bonchev–Trinajstić information content (AvgIpc) is 2.42. The van der Waals surface area contributed by atoms with Gasteiger partial charge in [-0.25, -0.2) is 4.74 Å². The fourth-order valence-corrected chi connectivity index (χ4v) is 1.65. The summed E-state index contributed by atoms with van der Waals surface area (Å²) in [5, 5.41) is -14.2. The first-order valence-corrected chi connectivity index (χ1v) is 7.66. The molecule has 0 aliphatic carbocycles. The number of alkyl halides is 17. The van der Waals surface area contributed by atoms with Crippen LogP contribution in [-0.2, 0) is 14.9 Å². The topological polar surface area (TPSA) is 63.6 Å². The molecule has 23 heteroatoms. The van der Waals surface area contributed by atoms with Gasteiger partial charge in [0.15, 0.2) is 0 Å². The molecule has 0 aliphatic heterocycles. The van der Waals surface area contributed by atoms with Gasteiger partial charge in [-0.05, 0) is 11.6 Å². The van der Waals surface area contributed by atoms with Gasteiger partial charge in [0, 0.05) is 0 Å². The van der Waals surface area contributed by atoms with Gasteiger partial charge in [0.1, 0.15) is 0 Å². The van der Waals surface area contributed by atoms with E-state index in [4.69, 9.17) is 4.55 Å². The summed E-state index contributed by atoms with van der Waals surface area (Å²) >= 11 is 3.32. The average molecular weight is 573 g/mol. The molecule has 1 N–H and O–H groups in total. The van der Waals surface area contributed by atoms with Crippen molar-refractivity contribution in [3.63, 3.8) is 0 Å². The summed E-state index contributed by atoms with van der Waals surface area (Å²) in [5.74, 6) is -33.1. The van der Waals surface area contributed by atoms with Crippen molar-refractivity contribution in [1.82, 2.24) is 0 Å². The largest absolute Gasteiger partial charge is 1.00 e. The fourth-order valence-electron chi connectivity index (χ4n) is 1.19. The first-order valence-electron chi connectivity index (χ1n) is 5.84. The van der Waals surface area contributed by atoms with Crippen molar-refractivity contribution in [2.24, 2.45) is 0 Å². The van der Waals surface area contributed by atoms with Crippen molar-refractivity contribution in [2.75, 3.05) is 0 Å². The Bertz CT molecular complexity index is 768. The third-order valence-corrected chi connectivity index (χ3v) is 3.95. The van der Waals surface area contributed by atoms with E-state index in [-0.39, 0.29) is 52.8 Å². The molecule has 0 heterocycles. The molecule has 0 aromatic heterocycles. The molecule has 0 spiro atoms. The van der Waals surface area contributed by atoms with Gasteiger partial charge in [0.25, 0.3) is 0 Å². The molecule has 0 unspecified atom stereocenters. The van der Waals surface area contributed by atoms with Gasteiger partial charge in [-0.2, -0.15) is 78.7 Å². The first-order chi connectivity index (χ1) is 12.5. The van der Waals surface area contributed by atoms with Crippen LogP contribution in [0.25, 0.3) is 0 Å².